The van der Waals surface area contributed by atoms with Gasteiger partial charge in [-0.1, -0.05) is 32.0 Å². The highest BCUT2D eigenvalue weighted by atomic mass is 32.2. The number of hydrogen-bond acceptors (Lipinski definition) is 3. The fourth-order valence-corrected chi connectivity index (χ4v) is 2.06. The summed E-state index contributed by atoms with van der Waals surface area (Å²) in [4.78, 5) is 0. The lowest BCUT2D eigenvalue weighted by molar-refractivity contribution is 0.199. The smallest absolute Gasteiger partial charge is 0.124 e. The molecule has 0 spiro atoms. The molecule has 0 heterocycles. The molecule has 0 aliphatic rings. The number of hydrogen-bond donors (Lipinski definition) is 1. The minimum atomic E-state index is -0.450. The predicted octanol–water partition coefficient (Wildman–Crippen LogP) is 2.87. The second-order valence-corrected chi connectivity index (χ2v) is 5.25. The summed E-state index contributed by atoms with van der Waals surface area (Å²) in [6.07, 6.45) is -0.450. The number of rotatable bonds is 5. The summed E-state index contributed by atoms with van der Waals surface area (Å²) in [7, 11) is 1.63. The van der Waals surface area contributed by atoms with Gasteiger partial charge in [0.1, 0.15) is 5.75 Å². The van der Waals surface area contributed by atoms with E-state index < -0.39 is 6.10 Å². The van der Waals surface area contributed by atoms with E-state index in [1.54, 1.807) is 18.9 Å². The Morgan fingerprint density at radius 2 is 2.00 bits per heavy atom. The first kappa shape index (κ1) is 12.4. The lowest BCUT2D eigenvalue weighted by Gasteiger charge is -2.15. The highest BCUT2D eigenvalue weighted by Gasteiger charge is 2.12. The highest BCUT2D eigenvalue weighted by molar-refractivity contribution is 7.99. The van der Waals surface area contributed by atoms with Gasteiger partial charge < -0.3 is 9.84 Å². The number of para-hydroxylation sites is 1. The van der Waals surface area contributed by atoms with E-state index in [9.17, 15) is 5.11 Å². The van der Waals surface area contributed by atoms with E-state index in [0.29, 0.717) is 11.0 Å². The first-order valence-electron chi connectivity index (χ1n) is 5.07. The van der Waals surface area contributed by atoms with Crippen LogP contribution in [0, 0.1) is 0 Å². The van der Waals surface area contributed by atoms with Gasteiger partial charge in [0.25, 0.3) is 0 Å². The van der Waals surface area contributed by atoms with Gasteiger partial charge in [-0.15, -0.1) is 0 Å². The van der Waals surface area contributed by atoms with Crippen LogP contribution in [0.5, 0.6) is 5.75 Å². The Hall–Kier alpha value is -0.670. The molecule has 0 radical (unpaired) electrons. The quantitative estimate of drug-likeness (QED) is 0.837. The van der Waals surface area contributed by atoms with Crippen LogP contribution in [0.4, 0.5) is 0 Å². The van der Waals surface area contributed by atoms with Crippen molar-refractivity contribution in [3.05, 3.63) is 29.8 Å². The normalized spacial score (nSPS) is 12.9. The lowest BCUT2D eigenvalue weighted by Crippen LogP contribution is -2.05. The predicted molar refractivity (Wildman–Crippen MR) is 65.5 cm³/mol. The second-order valence-electron chi connectivity index (χ2n) is 3.64. The van der Waals surface area contributed by atoms with Gasteiger partial charge in [-0.25, -0.2) is 0 Å². The van der Waals surface area contributed by atoms with Crippen molar-refractivity contribution >= 4 is 11.8 Å². The number of methoxy groups -OCH3 is 1. The summed E-state index contributed by atoms with van der Waals surface area (Å²) in [6.45, 7) is 4.25. The van der Waals surface area contributed by atoms with E-state index in [1.165, 1.54) is 0 Å². The molecule has 0 bridgehead atoms. The van der Waals surface area contributed by atoms with Crippen LogP contribution in [-0.4, -0.2) is 23.2 Å². The van der Waals surface area contributed by atoms with Crippen LogP contribution in [0.2, 0.25) is 0 Å². The summed E-state index contributed by atoms with van der Waals surface area (Å²) in [5, 5.41) is 10.5. The van der Waals surface area contributed by atoms with Gasteiger partial charge in [-0.3, -0.25) is 0 Å². The van der Waals surface area contributed by atoms with Gasteiger partial charge >= 0.3 is 0 Å². The molecule has 15 heavy (non-hydrogen) atoms. The van der Waals surface area contributed by atoms with Gasteiger partial charge in [-0.05, 0) is 11.3 Å². The molecular formula is C12H18O2S. The standard InChI is InChI=1S/C12H18O2S/c1-9(2)15-8-11(13)10-6-4-5-7-12(10)14-3/h4-7,9,11,13H,8H2,1-3H3. The van der Waals surface area contributed by atoms with Crippen LogP contribution in [0.3, 0.4) is 0 Å². The molecule has 2 nitrogen and oxygen atoms in total. The number of aliphatic hydroxyl groups is 1. The second kappa shape index (κ2) is 6.03. The molecule has 1 unspecified atom stereocenters. The fraction of sp³-hybridized carbons (Fsp3) is 0.500. The van der Waals surface area contributed by atoms with Crippen molar-refractivity contribution < 1.29 is 9.84 Å². The molecular weight excluding hydrogens is 208 g/mol. The first-order valence-corrected chi connectivity index (χ1v) is 6.12. The fourth-order valence-electron chi connectivity index (χ4n) is 1.32. The Balaban J connectivity index is 2.68. The molecule has 1 atom stereocenters. The molecule has 0 amide bonds. The molecule has 0 saturated carbocycles. The van der Waals surface area contributed by atoms with Crippen molar-refractivity contribution in [1.29, 1.82) is 0 Å². The van der Waals surface area contributed by atoms with E-state index >= 15 is 0 Å². The maximum atomic E-state index is 9.98. The van der Waals surface area contributed by atoms with Crippen LogP contribution in [0.15, 0.2) is 24.3 Å². The number of thioether (sulfide) groups is 1. The average Bonchev–Trinajstić information content (AvgIpc) is 2.25. The molecule has 0 aliphatic carbocycles. The van der Waals surface area contributed by atoms with E-state index in [0.717, 1.165) is 11.3 Å². The van der Waals surface area contributed by atoms with Crippen LogP contribution in [0.1, 0.15) is 25.5 Å². The van der Waals surface area contributed by atoms with E-state index in [2.05, 4.69) is 13.8 Å². The zero-order valence-electron chi connectivity index (χ0n) is 9.43. The molecule has 1 N–H and O–H groups in total. The van der Waals surface area contributed by atoms with Gasteiger partial charge in [0, 0.05) is 11.3 Å². The van der Waals surface area contributed by atoms with E-state index in [4.69, 9.17) is 4.74 Å². The van der Waals surface area contributed by atoms with Crippen LogP contribution < -0.4 is 4.74 Å². The summed E-state index contributed by atoms with van der Waals surface area (Å²) >= 11 is 1.75. The maximum Gasteiger partial charge on any atom is 0.124 e. The van der Waals surface area contributed by atoms with Gasteiger partial charge in [0.2, 0.25) is 0 Å². The van der Waals surface area contributed by atoms with Gasteiger partial charge in [0.15, 0.2) is 0 Å². The Morgan fingerprint density at radius 3 is 2.60 bits per heavy atom. The summed E-state index contributed by atoms with van der Waals surface area (Å²) in [6, 6.07) is 7.61. The summed E-state index contributed by atoms with van der Waals surface area (Å²) in [5.74, 6) is 1.47. The minimum Gasteiger partial charge on any atom is -0.496 e. The van der Waals surface area contributed by atoms with Crippen molar-refractivity contribution in [2.75, 3.05) is 12.9 Å². The number of aliphatic hydroxyl groups excluding tert-OH is 1. The SMILES string of the molecule is COc1ccccc1C(O)CSC(C)C. The molecule has 84 valence electrons. The Labute approximate surface area is 95.7 Å². The number of benzene rings is 1. The van der Waals surface area contributed by atoms with Crippen molar-refractivity contribution in [2.24, 2.45) is 0 Å². The maximum absolute atomic E-state index is 9.98. The molecule has 0 aromatic heterocycles. The summed E-state index contributed by atoms with van der Waals surface area (Å²) < 4.78 is 5.20. The molecule has 1 rings (SSSR count). The lowest BCUT2D eigenvalue weighted by atomic mass is 10.1. The van der Waals surface area contributed by atoms with Crippen molar-refractivity contribution in [3.63, 3.8) is 0 Å². The van der Waals surface area contributed by atoms with Gasteiger partial charge in [-0.2, -0.15) is 11.8 Å². The van der Waals surface area contributed by atoms with Crippen LogP contribution in [0.25, 0.3) is 0 Å². The third-order valence-electron chi connectivity index (χ3n) is 2.09. The zero-order chi connectivity index (χ0) is 11.3. The van der Waals surface area contributed by atoms with Gasteiger partial charge in [0.05, 0.1) is 13.2 Å². The van der Waals surface area contributed by atoms with Crippen LogP contribution >= 0.6 is 11.8 Å². The molecule has 1 aromatic carbocycles. The molecule has 0 fully saturated rings. The van der Waals surface area contributed by atoms with Crippen molar-refractivity contribution in [2.45, 2.75) is 25.2 Å². The molecule has 0 saturated heterocycles. The van der Waals surface area contributed by atoms with E-state index in [1.807, 2.05) is 24.3 Å². The molecule has 0 aliphatic heterocycles. The highest BCUT2D eigenvalue weighted by Crippen LogP contribution is 2.28. The topological polar surface area (TPSA) is 29.5 Å². The average molecular weight is 226 g/mol. The minimum absolute atomic E-state index is 0.450. The Morgan fingerprint density at radius 1 is 1.33 bits per heavy atom. The van der Waals surface area contributed by atoms with Crippen LogP contribution in [-0.2, 0) is 0 Å². The third-order valence-corrected chi connectivity index (χ3v) is 3.26. The third kappa shape index (κ3) is 3.76. The number of ether oxygens (including phenoxy) is 1. The Kier molecular flexibility index (Phi) is 4.99. The van der Waals surface area contributed by atoms with E-state index in [-0.39, 0.29) is 0 Å². The first-order chi connectivity index (χ1) is 7.15. The zero-order valence-corrected chi connectivity index (χ0v) is 10.3. The van der Waals surface area contributed by atoms with Crippen molar-refractivity contribution in [3.8, 4) is 5.75 Å². The molecule has 3 heteroatoms. The monoisotopic (exact) mass is 226 g/mol. The largest absolute Gasteiger partial charge is 0.496 e. The van der Waals surface area contributed by atoms with Crippen molar-refractivity contribution in [1.82, 2.24) is 0 Å². The Bertz CT molecular complexity index is 299. The summed E-state index contributed by atoms with van der Waals surface area (Å²) in [5.41, 5.74) is 0.869. The molecule has 1 aromatic rings.